The summed E-state index contributed by atoms with van der Waals surface area (Å²) in [5.74, 6) is 0.399. The number of alkyl halides is 2. The van der Waals surface area contributed by atoms with Gasteiger partial charge in [0.15, 0.2) is 0 Å². The number of nitrogens with one attached hydrogen (secondary N) is 1. The first kappa shape index (κ1) is 18.4. The molecule has 1 fully saturated rings. The molecule has 1 aliphatic rings. The van der Waals surface area contributed by atoms with Crippen molar-refractivity contribution < 1.29 is 17.2 Å². The number of aromatic nitrogens is 2. The van der Waals surface area contributed by atoms with E-state index in [0.29, 0.717) is 47.3 Å². The van der Waals surface area contributed by atoms with Crippen LogP contribution in [0.3, 0.4) is 0 Å². The molecule has 0 atom stereocenters. The maximum absolute atomic E-state index is 12.9. The van der Waals surface area contributed by atoms with Gasteiger partial charge in [-0.3, -0.25) is 0 Å². The minimum Gasteiger partial charge on any atom is -0.351 e. The van der Waals surface area contributed by atoms with Crippen LogP contribution in [0.15, 0.2) is 22.8 Å². The Hall–Kier alpha value is -1.39. The molecule has 25 heavy (non-hydrogen) atoms. The highest BCUT2D eigenvalue weighted by Gasteiger charge is 2.25. The van der Waals surface area contributed by atoms with Crippen molar-refractivity contribution >= 4 is 42.8 Å². The van der Waals surface area contributed by atoms with Gasteiger partial charge in [0.05, 0.1) is 11.8 Å². The Kier molecular flexibility index (Phi) is 5.21. The molecule has 1 aromatic heterocycles. The number of rotatable bonds is 4. The van der Waals surface area contributed by atoms with Crippen molar-refractivity contribution in [1.82, 2.24) is 14.3 Å². The lowest BCUT2D eigenvalue weighted by Crippen LogP contribution is -2.42. The molecule has 1 aliphatic heterocycles. The lowest BCUT2D eigenvalue weighted by molar-refractivity contribution is 0.151. The molecule has 0 unspecified atom stereocenters. The summed E-state index contributed by atoms with van der Waals surface area (Å²) in [6.45, 7) is 0.900. The van der Waals surface area contributed by atoms with Crippen LogP contribution in [-0.2, 0) is 10.0 Å². The second kappa shape index (κ2) is 7.08. The van der Waals surface area contributed by atoms with Crippen LogP contribution >= 0.6 is 15.9 Å². The zero-order valence-electron chi connectivity index (χ0n) is 13.4. The maximum Gasteiger partial charge on any atom is 0.263 e. The maximum atomic E-state index is 12.9. The zero-order valence-corrected chi connectivity index (χ0v) is 15.8. The van der Waals surface area contributed by atoms with Gasteiger partial charge in [-0.1, -0.05) is 0 Å². The quantitative estimate of drug-likeness (QED) is 0.799. The van der Waals surface area contributed by atoms with E-state index in [1.165, 1.54) is 28.9 Å². The van der Waals surface area contributed by atoms with Gasteiger partial charge >= 0.3 is 0 Å². The van der Waals surface area contributed by atoms with Gasteiger partial charge in [-0.15, -0.1) is 0 Å². The fourth-order valence-electron chi connectivity index (χ4n) is 2.83. The molecule has 0 aliphatic carbocycles. The Morgan fingerprint density at radius 3 is 2.60 bits per heavy atom. The molecular weight excluding hydrogens is 418 g/mol. The summed E-state index contributed by atoms with van der Waals surface area (Å²) in [6.07, 6.45) is 1.46. The first-order valence-electron chi connectivity index (χ1n) is 7.70. The van der Waals surface area contributed by atoms with Crippen molar-refractivity contribution in [3.63, 3.8) is 0 Å². The Labute approximate surface area is 152 Å². The number of fused-ring (bicyclic) bond motifs is 1. The molecule has 0 amide bonds. The third-order valence-corrected chi connectivity index (χ3v) is 6.07. The standard InChI is InChI=1S/C15H17BrF2N4O2S/c1-25(23,24)22-4-2-11(3-5-22)20-15-19-8-10-6-9(14(17)18)7-12(16)13(10)21-15/h6-8,11,14H,2-5H2,1H3,(H,19,20,21). The molecule has 10 heteroatoms. The molecule has 0 radical (unpaired) electrons. The number of benzene rings is 1. The number of nitrogens with zero attached hydrogens (tertiary/aromatic N) is 3. The molecule has 0 spiro atoms. The summed E-state index contributed by atoms with van der Waals surface area (Å²) < 4.78 is 50.7. The van der Waals surface area contributed by atoms with Crippen LogP contribution in [0.1, 0.15) is 24.8 Å². The summed E-state index contributed by atoms with van der Waals surface area (Å²) in [6, 6.07) is 2.79. The second-order valence-electron chi connectivity index (χ2n) is 6.02. The minimum absolute atomic E-state index is 0.0644. The lowest BCUT2D eigenvalue weighted by Gasteiger charge is -2.30. The van der Waals surface area contributed by atoms with E-state index in [0.717, 1.165) is 0 Å². The van der Waals surface area contributed by atoms with Gasteiger partial charge < -0.3 is 5.32 Å². The van der Waals surface area contributed by atoms with Gasteiger partial charge in [-0.05, 0) is 40.9 Å². The van der Waals surface area contributed by atoms with Crippen LogP contribution in [-0.4, -0.2) is 48.1 Å². The molecule has 2 aromatic rings. The van der Waals surface area contributed by atoms with Crippen molar-refractivity contribution in [3.8, 4) is 0 Å². The first-order valence-corrected chi connectivity index (χ1v) is 10.3. The predicted molar refractivity (Wildman–Crippen MR) is 95.3 cm³/mol. The second-order valence-corrected chi connectivity index (χ2v) is 8.85. The normalized spacial score (nSPS) is 17.3. The van der Waals surface area contributed by atoms with Gasteiger partial charge in [0.1, 0.15) is 0 Å². The number of anilines is 1. The summed E-state index contributed by atoms with van der Waals surface area (Å²) in [7, 11) is -3.16. The molecule has 136 valence electrons. The van der Waals surface area contributed by atoms with Crippen molar-refractivity contribution in [2.24, 2.45) is 0 Å². The molecule has 6 nitrogen and oxygen atoms in total. The summed E-state index contributed by atoms with van der Waals surface area (Å²) in [5.41, 5.74) is 0.465. The molecule has 1 aromatic carbocycles. The van der Waals surface area contributed by atoms with Crippen LogP contribution in [0, 0.1) is 0 Å². The van der Waals surface area contributed by atoms with E-state index < -0.39 is 16.4 Å². The van der Waals surface area contributed by atoms with Crippen molar-refractivity contribution in [2.45, 2.75) is 25.3 Å². The monoisotopic (exact) mass is 434 g/mol. The van der Waals surface area contributed by atoms with Crippen molar-refractivity contribution in [2.75, 3.05) is 24.7 Å². The van der Waals surface area contributed by atoms with Gasteiger partial charge in [0.25, 0.3) is 6.43 Å². The molecule has 2 heterocycles. The molecule has 0 bridgehead atoms. The van der Waals surface area contributed by atoms with Crippen LogP contribution in [0.25, 0.3) is 10.9 Å². The van der Waals surface area contributed by atoms with Gasteiger partial charge in [-0.25, -0.2) is 31.5 Å². The average molecular weight is 435 g/mol. The first-order chi connectivity index (χ1) is 11.7. The highest BCUT2D eigenvalue weighted by Crippen LogP contribution is 2.29. The number of piperidine rings is 1. The Morgan fingerprint density at radius 1 is 1.32 bits per heavy atom. The predicted octanol–water partition coefficient (Wildman–Crippen LogP) is 3.17. The summed E-state index contributed by atoms with van der Waals surface area (Å²) in [5, 5.41) is 3.73. The molecular formula is C15H17BrF2N4O2S. The summed E-state index contributed by atoms with van der Waals surface area (Å²) in [4.78, 5) is 8.58. The van der Waals surface area contributed by atoms with Crippen molar-refractivity contribution in [1.29, 1.82) is 0 Å². The number of hydrogen-bond donors (Lipinski definition) is 1. The zero-order chi connectivity index (χ0) is 18.2. The fourth-order valence-corrected chi connectivity index (χ4v) is 4.29. The Bertz CT molecular complexity index is 886. The van der Waals surface area contributed by atoms with Crippen LogP contribution in [0.4, 0.5) is 14.7 Å². The highest BCUT2D eigenvalue weighted by molar-refractivity contribution is 9.10. The van der Waals surface area contributed by atoms with E-state index in [9.17, 15) is 17.2 Å². The van der Waals surface area contributed by atoms with Crippen molar-refractivity contribution in [3.05, 3.63) is 28.4 Å². The van der Waals surface area contributed by atoms with Crippen LogP contribution < -0.4 is 5.32 Å². The number of halogens is 3. The van der Waals surface area contributed by atoms with Gasteiger partial charge in [-0.2, -0.15) is 0 Å². The number of hydrogen-bond acceptors (Lipinski definition) is 5. The van der Waals surface area contributed by atoms with E-state index in [4.69, 9.17) is 0 Å². The summed E-state index contributed by atoms with van der Waals surface area (Å²) >= 11 is 3.28. The SMILES string of the molecule is CS(=O)(=O)N1CCC(Nc2ncc3cc(C(F)F)cc(Br)c3n2)CC1. The fraction of sp³-hybridized carbons (Fsp3) is 0.467. The third-order valence-electron chi connectivity index (χ3n) is 4.17. The van der Waals surface area contributed by atoms with Crippen LogP contribution in [0.2, 0.25) is 0 Å². The van der Waals surface area contributed by atoms with Gasteiger partial charge in [0.2, 0.25) is 16.0 Å². The third kappa shape index (κ3) is 4.24. The largest absolute Gasteiger partial charge is 0.351 e. The van der Waals surface area contributed by atoms with E-state index >= 15 is 0 Å². The van der Waals surface area contributed by atoms with Gasteiger partial charge in [0, 0.05) is 40.8 Å². The Morgan fingerprint density at radius 2 is 2.00 bits per heavy atom. The molecule has 1 saturated heterocycles. The van der Waals surface area contributed by atoms with E-state index in [1.807, 2.05) is 0 Å². The number of sulfonamides is 1. The van der Waals surface area contributed by atoms with E-state index in [1.54, 1.807) is 0 Å². The molecule has 3 rings (SSSR count). The molecule has 0 saturated carbocycles. The lowest BCUT2D eigenvalue weighted by atomic mass is 10.1. The van der Waals surface area contributed by atoms with E-state index in [2.05, 4.69) is 31.2 Å². The molecule has 1 N–H and O–H groups in total. The topological polar surface area (TPSA) is 75.2 Å². The average Bonchev–Trinajstić information content (AvgIpc) is 2.55. The Balaban J connectivity index is 1.75. The smallest absolute Gasteiger partial charge is 0.263 e. The minimum atomic E-state index is -3.16. The highest BCUT2D eigenvalue weighted by atomic mass is 79.9. The van der Waals surface area contributed by atoms with Crippen LogP contribution in [0.5, 0.6) is 0 Å². The van der Waals surface area contributed by atoms with E-state index in [-0.39, 0.29) is 11.6 Å².